The lowest BCUT2D eigenvalue weighted by molar-refractivity contribution is -0.167. The first-order valence-corrected chi connectivity index (χ1v) is 25.1. The molecule has 0 fully saturated rings. The number of unbranched alkanes of at least 4 members (excludes halogenated alkanes) is 26. The van der Waals surface area contributed by atoms with Gasteiger partial charge in [-0.05, 0) is 37.0 Å². The van der Waals surface area contributed by atoms with E-state index in [0.717, 1.165) is 75.5 Å². The molecule has 338 valence electrons. The minimum atomic E-state index is -0.763. The van der Waals surface area contributed by atoms with Gasteiger partial charge >= 0.3 is 17.9 Å². The SMILES string of the molecule is CCC(C)CCCCCCCCC(=O)OC[C@@H](COC(=O)CCCCCCCCCCCCCC(C)C)OC(=O)CCCCCCCCCCCCCCC(C)C. The lowest BCUT2D eigenvalue weighted by atomic mass is 10.00. The molecule has 0 saturated carbocycles. The molecular weight excluding hydrogens is 709 g/mol. The van der Waals surface area contributed by atoms with Crippen LogP contribution in [-0.2, 0) is 28.6 Å². The smallest absolute Gasteiger partial charge is 0.306 e. The number of carbonyl (C=O) groups is 3. The molecule has 57 heavy (non-hydrogen) atoms. The molecule has 0 aromatic rings. The molecule has 0 rings (SSSR count). The molecule has 6 heteroatoms. The second-order valence-corrected chi connectivity index (χ2v) is 18.6. The van der Waals surface area contributed by atoms with Gasteiger partial charge in [-0.15, -0.1) is 0 Å². The number of ether oxygens (including phenoxy) is 3. The van der Waals surface area contributed by atoms with Crippen molar-refractivity contribution in [3.05, 3.63) is 0 Å². The van der Waals surface area contributed by atoms with Crippen LogP contribution in [0.25, 0.3) is 0 Å². The summed E-state index contributed by atoms with van der Waals surface area (Å²) in [5, 5.41) is 0. The van der Waals surface area contributed by atoms with Crippen molar-refractivity contribution in [2.45, 2.75) is 279 Å². The highest BCUT2D eigenvalue weighted by Gasteiger charge is 2.19. The minimum Gasteiger partial charge on any atom is -0.462 e. The maximum absolute atomic E-state index is 12.8. The van der Waals surface area contributed by atoms with Crippen LogP contribution in [0.3, 0.4) is 0 Å². The molecule has 0 aromatic heterocycles. The predicted molar refractivity (Wildman–Crippen MR) is 243 cm³/mol. The lowest BCUT2D eigenvalue weighted by Crippen LogP contribution is -2.30. The fraction of sp³-hybridized carbons (Fsp3) is 0.941. The summed E-state index contributed by atoms with van der Waals surface area (Å²) in [5.41, 5.74) is 0. The Bertz CT molecular complexity index is 885. The third-order valence-corrected chi connectivity index (χ3v) is 11.8. The molecule has 0 aromatic carbocycles. The quantitative estimate of drug-likeness (QED) is 0.0347. The van der Waals surface area contributed by atoms with Gasteiger partial charge in [-0.3, -0.25) is 14.4 Å². The summed E-state index contributed by atoms with van der Waals surface area (Å²) < 4.78 is 16.8. The molecule has 0 saturated heterocycles. The molecule has 0 aliphatic rings. The van der Waals surface area contributed by atoms with Crippen LogP contribution >= 0.6 is 0 Å². The van der Waals surface area contributed by atoms with Crippen LogP contribution in [0, 0.1) is 17.8 Å². The number of esters is 3. The largest absolute Gasteiger partial charge is 0.462 e. The molecule has 0 radical (unpaired) electrons. The van der Waals surface area contributed by atoms with Gasteiger partial charge in [0.1, 0.15) is 13.2 Å². The Morgan fingerprint density at radius 1 is 0.351 bits per heavy atom. The molecule has 0 N–H and O–H groups in total. The Balaban J connectivity index is 4.32. The molecule has 0 spiro atoms. The maximum Gasteiger partial charge on any atom is 0.306 e. The van der Waals surface area contributed by atoms with Crippen molar-refractivity contribution >= 4 is 17.9 Å². The highest BCUT2D eigenvalue weighted by Crippen LogP contribution is 2.18. The number of hydrogen-bond donors (Lipinski definition) is 0. The maximum atomic E-state index is 12.8. The normalized spacial score (nSPS) is 12.6. The molecular formula is C51H98O6. The van der Waals surface area contributed by atoms with Crippen molar-refractivity contribution in [2.24, 2.45) is 17.8 Å². The van der Waals surface area contributed by atoms with E-state index in [1.807, 2.05) is 0 Å². The van der Waals surface area contributed by atoms with E-state index in [0.29, 0.717) is 19.3 Å². The van der Waals surface area contributed by atoms with Crippen LogP contribution < -0.4 is 0 Å². The highest BCUT2D eigenvalue weighted by molar-refractivity contribution is 5.71. The van der Waals surface area contributed by atoms with E-state index in [2.05, 4.69) is 41.5 Å². The summed E-state index contributed by atoms with van der Waals surface area (Å²) in [6.07, 6.45) is 40.9. The number of hydrogen-bond acceptors (Lipinski definition) is 6. The monoisotopic (exact) mass is 807 g/mol. The number of rotatable bonds is 44. The lowest BCUT2D eigenvalue weighted by Gasteiger charge is -2.18. The van der Waals surface area contributed by atoms with Crippen LogP contribution in [0.15, 0.2) is 0 Å². The van der Waals surface area contributed by atoms with Crippen molar-refractivity contribution in [2.75, 3.05) is 13.2 Å². The molecule has 1 unspecified atom stereocenters. The summed E-state index contributed by atoms with van der Waals surface area (Å²) in [6, 6.07) is 0. The van der Waals surface area contributed by atoms with Crippen molar-refractivity contribution in [3.63, 3.8) is 0 Å². The predicted octanol–water partition coefficient (Wildman–Crippen LogP) is 16.0. The van der Waals surface area contributed by atoms with Gasteiger partial charge in [0.2, 0.25) is 0 Å². The Hall–Kier alpha value is -1.59. The van der Waals surface area contributed by atoms with E-state index < -0.39 is 6.10 Å². The van der Waals surface area contributed by atoms with E-state index in [1.165, 1.54) is 154 Å². The van der Waals surface area contributed by atoms with Gasteiger partial charge in [-0.1, -0.05) is 234 Å². The zero-order chi connectivity index (χ0) is 42.0. The first-order valence-electron chi connectivity index (χ1n) is 25.1. The molecule has 0 aliphatic heterocycles. The molecule has 0 bridgehead atoms. The Morgan fingerprint density at radius 3 is 0.912 bits per heavy atom. The van der Waals surface area contributed by atoms with Crippen molar-refractivity contribution in [1.29, 1.82) is 0 Å². The van der Waals surface area contributed by atoms with Crippen molar-refractivity contribution in [3.8, 4) is 0 Å². The Kier molecular flexibility index (Phi) is 41.3. The fourth-order valence-corrected chi connectivity index (χ4v) is 7.55. The highest BCUT2D eigenvalue weighted by atomic mass is 16.6. The van der Waals surface area contributed by atoms with Crippen LogP contribution in [0.1, 0.15) is 273 Å². The third-order valence-electron chi connectivity index (χ3n) is 11.8. The van der Waals surface area contributed by atoms with E-state index in [-0.39, 0.29) is 31.1 Å². The fourth-order valence-electron chi connectivity index (χ4n) is 7.55. The minimum absolute atomic E-state index is 0.0656. The molecule has 0 aliphatic carbocycles. The second kappa shape index (κ2) is 42.5. The van der Waals surface area contributed by atoms with E-state index >= 15 is 0 Å². The average molecular weight is 807 g/mol. The zero-order valence-electron chi connectivity index (χ0n) is 39.1. The van der Waals surface area contributed by atoms with E-state index in [4.69, 9.17) is 14.2 Å². The summed E-state index contributed by atoms with van der Waals surface area (Å²) >= 11 is 0. The van der Waals surface area contributed by atoms with E-state index in [1.54, 1.807) is 0 Å². The van der Waals surface area contributed by atoms with Gasteiger partial charge in [0, 0.05) is 19.3 Å². The molecule has 0 heterocycles. The van der Waals surface area contributed by atoms with Gasteiger partial charge in [0.25, 0.3) is 0 Å². The molecule has 6 nitrogen and oxygen atoms in total. The second-order valence-electron chi connectivity index (χ2n) is 18.6. The average Bonchev–Trinajstić information content (AvgIpc) is 3.18. The van der Waals surface area contributed by atoms with Gasteiger partial charge in [0.05, 0.1) is 0 Å². The third kappa shape index (κ3) is 43.8. The first kappa shape index (κ1) is 55.4. The topological polar surface area (TPSA) is 78.9 Å². The number of carbonyl (C=O) groups excluding carboxylic acids is 3. The van der Waals surface area contributed by atoms with E-state index in [9.17, 15) is 14.4 Å². The van der Waals surface area contributed by atoms with Gasteiger partial charge in [-0.2, -0.15) is 0 Å². The van der Waals surface area contributed by atoms with Gasteiger partial charge < -0.3 is 14.2 Å². The summed E-state index contributed by atoms with van der Waals surface area (Å²) in [7, 11) is 0. The van der Waals surface area contributed by atoms with Gasteiger partial charge in [0.15, 0.2) is 6.10 Å². The van der Waals surface area contributed by atoms with Gasteiger partial charge in [-0.25, -0.2) is 0 Å². The Labute approximate surface area is 355 Å². The summed E-state index contributed by atoms with van der Waals surface area (Å²) in [4.78, 5) is 37.9. The van der Waals surface area contributed by atoms with Crippen LogP contribution in [0.5, 0.6) is 0 Å². The van der Waals surface area contributed by atoms with Crippen LogP contribution in [-0.4, -0.2) is 37.2 Å². The zero-order valence-corrected chi connectivity index (χ0v) is 39.1. The first-order chi connectivity index (χ1) is 27.6. The molecule has 0 amide bonds. The summed E-state index contributed by atoms with van der Waals surface area (Å²) in [6.45, 7) is 13.7. The standard InChI is InChI=1S/C51H98O6/c1-7-47(6)39-33-27-23-24-29-35-41-50(53)56-44-48(43-55-49(52)40-34-28-21-17-14-10-12-16-20-26-32-38-46(4)5)57-51(54)42-36-30-22-18-13-9-8-11-15-19-25-31-37-45(2)3/h45-48H,7-44H2,1-6H3/t47?,48-/m1/s1. The molecule has 2 atom stereocenters. The van der Waals surface area contributed by atoms with Crippen LogP contribution in [0.2, 0.25) is 0 Å². The van der Waals surface area contributed by atoms with Crippen molar-refractivity contribution < 1.29 is 28.6 Å². The Morgan fingerprint density at radius 2 is 0.614 bits per heavy atom. The van der Waals surface area contributed by atoms with Crippen LogP contribution in [0.4, 0.5) is 0 Å². The van der Waals surface area contributed by atoms with Crippen molar-refractivity contribution in [1.82, 2.24) is 0 Å². The summed E-state index contributed by atoms with van der Waals surface area (Å²) in [5.74, 6) is 1.62.